The van der Waals surface area contributed by atoms with E-state index in [2.05, 4.69) is 22.3 Å². The number of aromatic nitrogens is 1. The third-order valence-corrected chi connectivity index (χ3v) is 3.87. The highest BCUT2D eigenvalue weighted by atomic mass is 16.1. The van der Waals surface area contributed by atoms with Crippen molar-refractivity contribution in [2.24, 2.45) is 7.05 Å². The molecule has 0 spiro atoms. The van der Waals surface area contributed by atoms with E-state index in [-0.39, 0.29) is 5.56 Å². The molecule has 0 unspecified atom stereocenters. The maximum absolute atomic E-state index is 11.9. The molecule has 0 bridgehead atoms. The van der Waals surface area contributed by atoms with E-state index < -0.39 is 0 Å². The van der Waals surface area contributed by atoms with Gasteiger partial charge in [0.05, 0.1) is 5.52 Å². The summed E-state index contributed by atoms with van der Waals surface area (Å²) in [6, 6.07) is 8.34. The van der Waals surface area contributed by atoms with Crippen molar-refractivity contribution < 1.29 is 0 Å². The lowest BCUT2D eigenvalue weighted by atomic mass is 10.1. The van der Waals surface area contributed by atoms with Gasteiger partial charge in [0, 0.05) is 49.9 Å². The lowest BCUT2D eigenvalue weighted by Gasteiger charge is -2.29. The zero-order valence-corrected chi connectivity index (χ0v) is 11.4. The van der Waals surface area contributed by atoms with Gasteiger partial charge in [-0.1, -0.05) is 0 Å². The molecule has 0 atom stereocenters. The molecule has 3 rings (SSSR count). The van der Waals surface area contributed by atoms with Crippen molar-refractivity contribution in [2.75, 3.05) is 31.1 Å². The van der Waals surface area contributed by atoms with Crippen LogP contribution in [0.4, 0.5) is 5.69 Å². The van der Waals surface area contributed by atoms with Crippen molar-refractivity contribution in [1.29, 1.82) is 0 Å². The molecule has 0 radical (unpaired) electrons. The Morgan fingerprint density at radius 2 is 1.89 bits per heavy atom. The van der Waals surface area contributed by atoms with Crippen molar-refractivity contribution in [2.45, 2.75) is 6.92 Å². The van der Waals surface area contributed by atoms with Gasteiger partial charge in [0.1, 0.15) is 0 Å². The second kappa shape index (κ2) is 4.70. The van der Waals surface area contributed by atoms with Gasteiger partial charge in [0.25, 0.3) is 5.56 Å². The van der Waals surface area contributed by atoms with Gasteiger partial charge in [-0.25, -0.2) is 0 Å². The van der Waals surface area contributed by atoms with Crippen LogP contribution in [0.3, 0.4) is 0 Å². The van der Waals surface area contributed by atoms with E-state index in [1.165, 1.54) is 5.69 Å². The first kappa shape index (κ1) is 12.2. The average molecular weight is 257 g/mol. The number of pyridine rings is 1. The highest BCUT2D eigenvalue weighted by Gasteiger charge is 2.11. The van der Waals surface area contributed by atoms with Crippen LogP contribution in [0.25, 0.3) is 10.9 Å². The fraction of sp³-hybridized carbons (Fsp3) is 0.400. The third kappa shape index (κ3) is 2.12. The summed E-state index contributed by atoms with van der Waals surface area (Å²) >= 11 is 0. The van der Waals surface area contributed by atoms with Crippen molar-refractivity contribution in [1.82, 2.24) is 9.88 Å². The van der Waals surface area contributed by atoms with Crippen LogP contribution in [0.15, 0.2) is 29.1 Å². The first-order chi connectivity index (χ1) is 9.16. The number of hydrogen-bond donors (Lipinski definition) is 1. The Hall–Kier alpha value is -1.81. The molecule has 2 aromatic rings. The predicted octanol–water partition coefficient (Wildman–Crippen LogP) is 1.26. The minimum Gasteiger partial charge on any atom is -0.369 e. The number of anilines is 1. The standard InChI is InChI=1S/C15H19N3O/c1-11-9-12-10-13(18-7-5-16-6-8-18)3-4-14(12)17(2)15(11)19/h3-4,9-10,16H,5-8H2,1-2H3. The van der Waals surface area contributed by atoms with Crippen LogP contribution in [0, 0.1) is 6.92 Å². The molecule has 0 amide bonds. The number of fused-ring (bicyclic) bond motifs is 1. The summed E-state index contributed by atoms with van der Waals surface area (Å²) in [5, 5.41) is 4.50. The van der Waals surface area contributed by atoms with Gasteiger partial charge in [0.2, 0.25) is 0 Å². The first-order valence-electron chi connectivity index (χ1n) is 6.73. The van der Waals surface area contributed by atoms with Crippen LogP contribution >= 0.6 is 0 Å². The summed E-state index contributed by atoms with van der Waals surface area (Å²) in [6.07, 6.45) is 0. The third-order valence-electron chi connectivity index (χ3n) is 3.87. The number of rotatable bonds is 1. The SMILES string of the molecule is Cc1cc2cc(N3CCNCC3)ccc2n(C)c1=O. The summed E-state index contributed by atoms with van der Waals surface area (Å²) in [5.74, 6) is 0. The molecule has 1 fully saturated rings. The van der Waals surface area contributed by atoms with E-state index >= 15 is 0 Å². The number of benzene rings is 1. The number of aryl methyl sites for hydroxylation is 2. The van der Waals surface area contributed by atoms with E-state index in [1.54, 1.807) is 4.57 Å². The second-order valence-corrected chi connectivity index (χ2v) is 5.17. The van der Waals surface area contributed by atoms with Gasteiger partial charge in [0.15, 0.2) is 0 Å². The summed E-state index contributed by atoms with van der Waals surface area (Å²) in [7, 11) is 1.84. The van der Waals surface area contributed by atoms with Crippen molar-refractivity contribution in [3.63, 3.8) is 0 Å². The Morgan fingerprint density at radius 3 is 2.63 bits per heavy atom. The molecule has 1 aliphatic rings. The zero-order valence-electron chi connectivity index (χ0n) is 11.4. The van der Waals surface area contributed by atoms with E-state index in [1.807, 2.05) is 26.1 Å². The number of piperazine rings is 1. The van der Waals surface area contributed by atoms with Crippen molar-refractivity contribution in [3.8, 4) is 0 Å². The van der Waals surface area contributed by atoms with Gasteiger partial charge in [-0.3, -0.25) is 4.79 Å². The van der Waals surface area contributed by atoms with E-state index in [0.717, 1.165) is 42.6 Å². The smallest absolute Gasteiger partial charge is 0.253 e. The molecule has 1 aliphatic heterocycles. The zero-order chi connectivity index (χ0) is 13.4. The topological polar surface area (TPSA) is 37.3 Å². The van der Waals surface area contributed by atoms with Crippen LogP contribution in [-0.4, -0.2) is 30.7 Å². The van der Waals surface area contributed by atoms with E-state index in [9.17, 15) is 4.79 Å². The van der Waals surface area contributed by atoms with Gasteiger partial charge < -0.3 is 14.8 Å². The van der Waals surface area contributed by atoms with Gasteiger partial charge in [-0.15, -0.1) is 0 Å². The Morgan fingerprint density at radius 1 is 1.16 bits per heavy atom. The highest BCUT2D eigenvalue weighted by Crippen LogP contribution is 2.22. The van der Waals surface area contributed by atoms with Crippen LogP contribution in [0.2, 0.25) is 0 Å². The van der Waals surface area contributed by atoms with Crippen LogP contribution < -0.4 is 15.8 Å². The quantitative estimate of drug-likeness (QED) is 0.835. The Kier molecular flexibility index (Phi) is 3.03. The fourth-order valence-electron chi connectivity index (χ4n) is 2.75. The minimum atomic E-state index is 0.0856. The molecule has 4 heteroatoms. The van der Waals surface area contributed by atoms with Gasteiger partial charge in [-0.05, 0) is 31.2 Å². The summed E-state index contributed by atoms with van der Waals surface area (Å²) in [6.45, 7) is 6.01. The molecule has 0 saturated carbocycles. The summed E-state index contributed by atoms with van der Waals surface area (Å²) in [5.41, 5.74) is 3.12. The molecule has 19 heavy (non-hydrogen) atoms. The van der Waals surface area contributed by atoms with Gasteiger partial charge >= 0.3 is 0 Å². The molecule has 1 aromatic carbocycles. The van der Waals surface area contributed by atoms with Gasteiger partial charge in [-0.2, -0.15) is 0 Å². The molecular weight excluding hydrogens is 238 g/mol. The second-order valence-electron chi connectivity index (χ2n) is 5.17. The molecule has 1 aromatic heterocycles. The lowest BCUT2D eigenvalue weighted by Crippen LogP contribution is -2.43. The van der Waals surface area contributed by atoms with E-state index in [4.69, 9.17) is 0 Å². The largest absolute Gasteiger partial charge is 0.369 e. The molecule has 1 saturated heterocycles. The van der Waals surface area contributed by atoms with E-state index in [0.29, 0.717) is 0 Å². The highest BCUT2D eigenvalue weighted by molar-refractivity contribution is 5.83. The maximum Gasteiger partial charge on any atom is 0.253 e. The van der Waals surface area contributed by atoms with Crippen LogP contribution in [0.5, 0.6) is 0 Å². The Labute approximate surface area is 112 Å². The summed E-state index contributed by atoms with van der Waals surface area (Å²) < 4.78 is 1.73. The molecular formula is C15H19N3O. The molecule has 2 heterocycles. The maximum atomic E-state index is 11.9. The molecule has 100 valence electrons. The monoisotopic (exact) mass is 257 g/mol. The van der Waals surface area contributed by atoms with Crippen molar-refractivity contribution >= 4 is 16.6 Å². The first-order valence-corrected chi connectivity index (χ1v) is 6.73. The molecule has 4 nitrogen and oxygen atoms in total. The number of nitrogens with zero attached hydrogens (tertiary/aromatic N) is 2. The normalized spacial score (nSPS) is 16.0. The van der Waals surface area contributed by atoms with Crippen LogP contribution in [-0.2, 0) is 7.05 Å². The minimum absolute atomic E-state index is 0.0856. The fourth-order valence-corrected chi connectivity index (χ4v) is 2.75. The predicted molar refractivity (Wildman–Crippen MR) is 79.0 cm³/mol. The number of hydrogen-bond acceptors (Lipinski definition) is 3. The lowest BCUT2D eigenvalue weighted by molar-refractivity contribution is 0.589. The number of nitrogens with one attached hydrogen (secondary N) is 1. The Balaban J connectivity index is 2.10. The molecule has 0 aliphatic carbocycles. The molecule has 1 N–H and O–H groups in total. The Bertz CT molecular complexity index is 669. The average Bonchev–Trinajstić information content (AvgIpc) is 2.45. The van der Waals surface area contributed by atoms with Crippen molar-refractivity contribution in [3.05, 3.63) is 40.2 Å². The van der Waals surface area contributed by atoms with Crippen LogP contribution in [0.1, 0.15) is 5.56 Å². The summed E-state index contributed by atoms with van der Waals surface area (Å²) in [4.78, 5) is 14.3.